The minimum atomic E-state index is -1.29. The van der Waals surface area contributed by atoms with Gasteiger partial charge in [-0.1, -0.05) is 48.5 Å². The highest BCUT2D eigenvalue weighted by Crippen LogP contribution is 2.49. The van der Waals surface area contributed by atoms with Crippen LogP contribution in [0.5, 0.6) is 0 Å². The van der Waals surface area contributed by atoms with Gasteiger partial charge in [0.2, 0.25) is 11.8 Å². The van der Waals surface area contributed by atoms with Crippen molar-refractivity contribution in [2.45, 2.75) is 31.2 Å². The van der Waals surface area contributed by atoms with E-state index in [0.717, 1.165) is 29.1 Å². The molecule has 4 amide bonds. The predicted molar refractivity (Wildman–Crippen MR) is 108 cm³/mol. The van der Waals surface area contributed by atoms with E-state index in [1.165, 1.54) is 12.6 Å². The van der Waals surface area contributed by atoms with Crippen LogP contribution >= 0.6 is 0 Å². The third-order valence-corrected chi connectivity index (χ3v) is 6.83. The summed E-state index contributed by atoms with van der Waals surface area (Å²) >= 11 is 0. The van der Waals surface area contributed by atoms with Crippen molar-refractivity contribution >= 4 is 23.5 Å². The van der Waals surface area contributed by atoms with Crippen molar-refractivity contribution in [1.82, 2.24) is 10.2 Å². The Morgan fingerprint density at radius 3 is 2.52 bits per heavy atom. The number of anilines is 1. The van der Waals surface area contributed by atoms with Gasteiger partial charge in [0.15, 0.2) is 5.41 Å². The number of hydrogen-bond acceptors (Lipinski definition) is 4. The molecule has 0 saturated carbocycles. The van der Waals surface area contributed by atoms with Crippen LogP contribution < -0.4 is 10.2 Å². The van der Waals surface area contributed by atoms with Crippen LogP contribution in [0.3, 0.4) is 0 Å². The fraction of sp³-hybridized carbons (Fsp3) is 0.348. The molecule has 29 heavy (non-hydrogen) atoms. The minimum absolute atomic E-state index is 0.267. The zero-order chi connectivity index (χ0) is 20.2. The van der Waals surface area contributed by atoms with E-state index in [9.17, 15) is 14.4 Å². The van der Waals surface area contributed by atoms with Crippen molar-refractivity contribution in [1.29, 1.82) is 0 Å². The van der Waals surface area contributed by atoms with Gasteiger partial charge in [-0.3, -0.25) is 19.8 Å². The Morgan fingerprint density at radius 2 is 1.72 bits per heavy atom. The fourth-order valence-electron chi connectivity index (χ4n) is 5.34. The fourth-order valence-corrected chi connectivity index (χ4v) is 5.34. The highest BCUT2D eigenvalue weighted by Gasteiger charge is 2.62. The molecule has 6 nitrogen and oxygen atoms in total. The molecule has 0 aliphatic carbocycles. The maximum atomic E-state index is 13.4. The quantitative estimate of drug-likeness (QED) is 0.762. The largest absolute Gasteiger partial charge is 0.367 e. The summed E-state index contributed by atoms with van der Waals surface area (Å²) in [7, 11) is 1.45. The Bertz CT molecular complexity index is 1010. The highest BCUT2D eigenvalue weighted by molar-refractivity contribution is 6.20. The van der Waals surface area contributed by atoms with Gasteiger partial charge in [0.1, 0.15) is 0 Å². The number of carbonyl (C=O) groups excluding carboxylic acids is 3. The molecule has 0 unspecified atom stereocenters. The van der Waals surface area contributed by atoms with Crippen molar-refractivity contribution in [3.05, 3.63) is 65.7 Å². The molecular formula is C23H23N3O3. The predicted octanol–water partition coefficient (Wildman–Crippen LogP) is 2.69. The van der Waals surface area contributed by atoms with Crippen LogP contribution in [0.4, 0.5) is 10.5 Å². The summed E-state index contributed by atoms with van der Waals surface area (Å²) in [6, 6.07) is 17.3. The molecule has 6 heteroatoms. The van der Waals surface area contributed by atoms with E-state index >= 15 is 0 Å². The standard InChI is InChI=1S/C23H23N3O3/c1-25-21(28)23(20(27)24-22(25)29)14-17-9-5-6-10-18(17)26-12-11-16(13-19(23)26)15-7-3-2-4-8-15/h2-10,16,19H,11-14H2,1H3,(H,24,27,29)/t16-,19-,23+/m1/s1. The van der Waals surface area contributed by atoms with Crippen LogP contribution in [0, 0.1) is 5.41 Å². The number of carbonyl (C=O) groups is 3. The number of nitrogens with zero attached hydrogens (tertiary/aromatic N) is 2. The van der Waals surface area contributed by atoms with Gasteiger partial charge in [-0.2, -0.15) is 0 Å². The number of urea groups is 1. The van der Waals surface area contributed by atoms with Crippen molar-refractivity contribution < 1.29 is 14.4 Å². The second-order valence-electron chi connectivity index (χ2n) is 8.24. The SMILES string of the molecule is CN1C(=O)NC(=O)[C@@]2(Cc3ccccc3N3CC[C@@H](c4ccccc4)C[C@@H]32)C1=O. The summed E-state index contributed by atoms with van der Waals surface area (Å²) in [5.41, 5.74) is 2.02. The molecule has 0 radical (unpaired) electrons. The van der Waals surface area contributed by atoms with E-state index in [1.807, 2.05) is 36.4 Å². The van der Waals surface area contributed by atoms with E-state index < -0.39 is 23.3 Å². The normalized spacial score (nSPS) is 28.8. The number of rotatable bonds is 1. The molecule has 3 atom stereocenters. The maximum Gasteiger partial charge on any atom is 0.330 e. The van der Waals surface area contributed by atoms with Crippen LogP contribution in [0.2, 0.25) is 0 Å². The van der Waals surface area contributed by atoms with Gasteiger partial charge >= 0.3 is 6.03 Å². The summed E-state index contributed by atoms with van der Waals surface area (Å²) in [6.45, 7) is 0.765. The lowest BCUT2D eigenvalue weighted by molar-refractivity contribution is -0.153. The van der Waals surface area contributed by atoms with Crippen LogP contribution in [-0.4, -0.2) is 42.4 Å². The Balaban J connectivity index is 1.63. The van der Waals surface area contributed by atoms with Crippen LogP contribution in [0.1, 0.15) is 29.9 Å². The molecular weight excluding hydrogens is 366 g/mol. The Morgan fingerprint density at radius 1 is 1.00 bits per heavy atom. The number of para-hydroxylation sites is 1. The lowest BCUT2D eigenvalue weighted by atomic mass is 9.64. The third-order valence-electron chi connectivity index (χ3n) is 6.83. The van der Waals surface area contributed by atoms with Gasteiger partial charge in [0, 0.05) is 19.3 Å². The maximum absolute atomic E-state index is 13.4. The summed E-state index contributed by atoms with van der Waals surface area (Å²) in [6.07, 6.45) is 1.96. The molecule has 2 saturated heterocycles. The van der Waals surface area contributed by atoms with Gasteiger partial charge in [0.05, 0.1) is 6.04 Å². The van der Waals surface area contributed by atoms with E-state index in [-0.39, 0.29) is 12.0 Å². The number of piperidine rings is 1. The van der Waals surface area contributed by atoms with Crippen molar-refractivity contribution in [3.63, 3.8) is 0 Å². The lowest BCUT2D eigenvalue weighted by Gasteiger charge is -2.54. The summed E-state index contributed by atoms with van der Waals surface area (Å²) in [5, 5.41) is 2.44. The van der Waals surface area contributed by atoms with Crippen molar-refractivity contribution in [3.8, 4) is 0 Å². The molecule has 148 valence electrons. The number of imide groups is 2. The Hall–Kier alpha value is -3.15. The van der Waals surface area contributed by atoms with E-state index in [2.05, 4.69) is 28.4 Å². The first kappa shape index (κ1) is 17.9. The second-order valence-corrected chi connectivity index (χ2v) is 8.24. The van der Waals surface area contributed by atoms with Crippen LogP contribution in [-0.2, 0) is 16.0 Å². The molecule has 3 heterocycles. The molecule has 2 aromatic carbocycles. The molecule has 5 rings (SSSR count). The Labute approximate surface area is 169 Å². The van der Waals surface area contributed by atoms with E-state index in [4.69, 9.17) is 0 Å². The van der Waals surface area contributed by atoms with Crippen molar-refractivity contribution in [2.75, 3.05) is 18.5 Å². The van der Waals surface area contributed by atoms with Crippen LogP contribution in [0.25, 0.3) is 0 Å². The number of fused-ring (bicyclic) bond motifs is 4. The molecule has 2 fully saturated rings. The van der Waals surface area contributed by atoms with Gasteiger partial charge in [-0.15, -0.1) is 0 Å². The smallest absolute Gasteiger partial charge is 0.330 e. The molecule has 1 N–H and O–H groups in total. The van der Waals surface area contributed by atoms with Gasteiger partial charge in [-0.25, -0.2) is 4.79 Å². The zero-order valence-electron chi connectivity index (χ0n) is 16.3. The first-order valence-corrected chi connectivity index (χ1v) is 10.1. The average Bonchev–Trinajstić information content (AvgIpc) is 2.76. The molecule has 0 bridgehead atoms. The summed E-state index contributed by atoms with van der Waals surface area (Å²) in [5.74, 6) is -0.601. The van der Waals surface area contributed by atoms with Crippen molar-refractivity contribution in [2.24, 2.45) is 5.41 Å². The van der Waals surface area contributed by atoms with E-state index in [1.54, 1.807) is 0 Å². The average molecular weight is 389 g/mol. The first-order valence-electron chi connectivity index (χ1n) is 10.1. The van der Waals surface area contributed by atoms with Crippen LogP contribution in [0.15, 0.2) is 54.6 Å². The van der Waals surface area contributed by atoms with Gasteiger partial charge in [0.25, 0.3) is 0 Å². The number of nitrogens with one attached hydrogen (secondary N) is 1. The van der Waals surface area contributed by atoms with E-state index in [0.29, 0.717) is 12.8 Å². The highest BCUT2D eigenvalue weighted by atomic mass is 16.2. The number of benzene rings is 2. The number of hydrogen-bond donors (Lipinski definition) is 1. The molecule has 1 spiro atoms. The molecule has 3 aliphatic rings. The summed E-state index contributed by atoms with van der Waals surface area (Å²) < 4.78 is 0. The number of barbiturate groups is 1. The second kappa shape index (κ2) is 6.44. The minimum Gasteiger partial charge on any atom is -0.367 e. The molecule has 2 aromatic rings. The molecule has 3 aliphatic heterocycles. The Kier molecular flexibility index (Phi) is 3.98. The first-order chi connectivity index (χ1) is 14.0. The lowest BCUT2D eigenvalue weighted by Crippen LogP contribution is -2.72. The summed E-state index contributed by atoms with van der Waals surface area (Å²) in [4.78, 5) is 42.1. The topological polar surface area (TPSA) is 69.7 Å². The van der Waals surface area contributed by atoms with Gasteiger partial charge in [-0.05, 0) is 42.4 Å². The van der Waals surface area contributed by atoms with Gasteiger partial charge < -0.3 is 4.90 Å². The zero-order valence-corrected chi connectivity index (χ0v) is 16.3. The monoisotopic (exact) mass is 389 g/mol. The number of amides is 4. The molecule has 0 aromatic heterocycles. The third kappa shape index (κ3) is 2.51.